The molecule has 0 aliphatic rings. The molecular formula is C20H18N6O. The zero-order valence-electron chi connectivity index (χ0n) is 15.0. The molecule has 0 radical (unpaired) electrons. The zero-order chi connectivity index (χ0) is 19.0. The fourth-order valence-corrected chi connectivity index (χ4v) is 3.09. The Bertz CT molecular complexity index is 1160. The lowest BCUT2D eigenvalue weighted by Gasteiger charge is -2.04. The molecule has 0 unspecified atom stereocenters. The van der Waals surface area contributed by atoms with E-state index in [9.17, 15) is 4.79 Å². The molecule has 2 aromatic heterocycles. The Morgan fingerprint density at radius 2 is 1.93 bits per heavy atom. The first-order chi connectivity index (χ1) is 13.0. The second kappa shape index (κ2) is 6.53. The number of aromatic amines is 1. The number of carbonyl (C=O) groups is 1. The van der Waals surface area contributed by atoms with Crippen LogP contribution in [0.15, 0.2) is 48.9 Å². The van der Waals surface area contributed by atoms with E-state index >= 15 is 0 Å². The number of aromatic nitrogens is 5. The van der Waals surface area contributed by atoms with E-state index in [0.29, 0.717) is 17.0 Å². The summed E-state index contributed by atoms with van der Waals surface area (Å²) in [5.41, 5.74) is 10.7. The highest BCUT2D eigenvalue weighted by Crippen LogP contribution is 2.22. The van der Waals surface area contributed by atoms with Crippen molar-refractivity contribution in [2.24, 2.45) is 5.73 Å². The lowest BCUT2D eigenvalue weighted by molar-refractivity contribution is -0.112. The molecule has 0 aliphatic heterocycles. The van der Waals surface area contributed by atoms with Crippen molar-refractivity contribution in [3.8, 4) is 11.4 Å². The molecule has 0 saturated heterocycles. The van der Waals surface area contributed by atoms with Crippen LogP contribution in [0.25, 0.3) is 34.1 Å². The number of rotatable bonds is 4. The van der Waals surface area contributed by atoms with Crippen LogP contribution in [0, 0.1) is 13.8 Å². The summed E-state index contributed by atoms with van der Waals surface area (Å²) in [6, 6.07) is 11.7. The third kappa shape index (κ3) is 3.35. The van der Waals surface area contributed by atoms with Gasteiger partial charge in [-0.1, -0.05) is 29.3 Å². The first-order valence-electron chi connectivity index (χ1n) is 8.44. The fraction of sp³-hybridized carbons (Fsp3) is 0.100. The third-order valence-corrected chi connectivity index (χ3v) is 4.27. The van der Waals surface area contributed by atoms with Crippen LogP contribution in [0.5, 0.6) is 0 Å². The van der Waals surface area contributed by atoms with E-state index in [1.807, 2.05) is 44.2 Å². The maximum Gasteiger partial charge on any atom is 0.250 e. The van der Waals surface area contributed by atoms with Gasteiger partial charge in [0.1, 0.15) is 6.33 Å². The Morgan fingerprint density at radius 1 is 1.15 bits per heavy atom. The van der Waals surface area contributed by atoms with Crippen molar-refractivity contribution in [2.75, 3.05) is 0 Å². The van der Waals surface area contributed by atoms with Crippen LogP contribution in [0.2, 0.25) is 0 Å². The van der Waals surface area contributed by atoms with E-state index in [4.69, 9.17) is 5.73 Å². The Hall–Kier alpha value is -3.74. The van der Waals surface area contributed by atoms with Gasteiger partial charge in [-0.25, -0.2) is 9.67 Å². The van der Waals surface area contributed by atoms with E-state index in [-0.39, 0.29) is 0 Å². The predicted molar refractivity (Wildman–Crippen MR) is 104 cm³/mol. The Morgan fingerprint density at radius 3 is 2.67 bits per heavy atom. The van der Waals surface area contributed by atoms with Crippen LogP contribution >= 0.6 is 0 Å². The molecule has 4 aromatic rings. The second-order valence-electron chi connectivity index (χ2n) is 6.50. The summed E-state index contributed by atoms with van der Waals surface area (Å²) < 4.78 is 1.50. The predicted octanol–water partition coefficient (Wildman–Crippen LogP) is 2.92. The van der Waals surface area contributed by atoms with Gasteiger partial charge in [0.15, 0.2) is 5.82 Å². The van der Waals surface area contributed by atoms with Gasteiger partial charge in [0, 0.05) is 17.1 Å². The van der Waals surface area contributed by atoms with Gasteiger partial charge in [0.2, 0.25) is 0 Å². The molecule has 0 fully saturated rings. The highest BCUT2D eigenvalue weighted by Gasteiger charge is 2.12. The van der Waals surface area contributed by atoms with Gasteiger partial charge in [-0.2, -0.15) is 5.10 Å². The number of fused-ring (bicyclic) bond motifs is 1. The topological polar surface area (TPSA) is 102 Å². The van der Waals surface area contributed by atoms with Crippen LogP contribution < -0.4 is 5.73 Å². The molecule has 2 heterocycles. The quantitative estimate of drug-likeness (QED) is 0.548. The molecule has 0 spiro atoms. The molecular weight excluding hydrogens is 340 g/mol. The van der Waals surface area contributed by atoms with Gasteiger partial charge in [0.05, 0.1) is 17.3 Å². The highest BCUT2D eigenvalue weighted by molar-refractivity contribution is 6.22. The first-order valence-corrected chi connectivity index (χ1v) is 8.44. The summed E-state index contributed by atoms with van der Waals surface area (Å²) in [6.45, 7) is 4.06. The Balaban J connectivity index is 1.73. The fourth-order valence-electron chi connectivity index (χ4n) is 3.09. The monoisotopic (exact) mass is 358 g/mol. The molecule has 0 aliphatic carbocycles. The van der Waals surface area contributed by atoms with E-state index in [1.165, 1.54) is 4.68 Å². The van der Waals surface area contributed by atoms with E-state index in [1.54, 1.807) is 18.7 Å². The van der Waals surface area contributed by atoms with Gasteiger partial charge in [0.25, 0.3) is 5.91 Å². The number of hydrogen-bond donors (Lipinski definition) is 2. The standard InChI is InChI=1S/C20H18N6O/c1-12-5-13(2)7-16(6-12)20-22-11-26(25-20)10-17(19(21)27)14-3-4-15-9-23-24-18(15)8-14/h3-11H,1-2H3,(H2,21,27)(H,23,24)/b17-10-. The number of amides is 1. The number of carbonyl (C=O) groups excluding carboxylic acids is 1. The lowest BCUT2D eigenvalue weighted by atomic mass is 10.1. The van der Waals surface area contributed by atoms with Crippen molar-refractivity contribution in [1.82, 2.24) is 25.0 Å². The molecule has 1 amide bonds. The molecule has 4 rings (SSSR count). The van der Waals surface area contributed by atoms with E-state index in [0.717, 1.165) is 27.6 Å². The SMILES string of the molecule is Cc1cc(C)cc(-c2ncn(/C=C(\C(N)=O)c3ccc4cn[nH]c4c3)n2)c1. The summed E-state index contributed by atoms with van der Waals surface area (Å²) in [5, 5.41) is 12.3. The molecule has 2 aromatic carbocycles. The third-order valence-electron chi connectivity index (χ3n) is 4.27. The molecule has 7 heteroatoms. The van der Waals surface area contributed by atoms with Crippen molar-refractivity contribution >= 4 is 28.6 Å². The minimum Gasteiger partial charge on any atom is -0.366 e. The molecule has 7 nitrogen and oxygen atoms in total. The minimum absolute atomic E-state index is 0.336. The summed E-state index contributed by atoms with van der Waals surface area (Å²) in [4.78, 5) is 16.4. The molecule has 0 atom stereocenters. The number of nitrogens with one attached hydrogen (secondary N) is 1. The summed E-state index contributed by atoms with van der Waals surface area (Å²) in [7, 11) is 0. The van der Waals surface area contributed by atoms with Gasteiger partial charge >= 0.3 is 0 Å². The lowest BCUT2D eigenvalue weighted by Crippen LogP contribution is -2.13. The van der Waals surface area contributed by atoms with E-state index in [2.05, 4.69) is 26.3 Å². The number of nitrogens with zero attached hydrogens (tertiary/aromatic N) is 4. The number of primary amides is 1. The van der Waals surface area contributed by atoms with Gasteiger partial charge in [-0.3, -0.25) is 9.89 Å². The summed E-state index contributed by atoms with van der Waals surface area (Å²) in [5.74, 6) is 0.0446. The smallest absolute Gasteiger partial charge is 0.250 e. The van der Waals surface area contributed by atoms with Crippen LogP contribution in [-0.4, -0.2) is 30.9 Å². The molecule has 27 heavy (non-hydrogen) atoms. The minimum atomic E-state index is -0.544. The van der Waals surface area contributed by atoms with Crippen molar-refractivity contribution in [2.45, 2.75) is 13.8 Å². The van der Waals surface area contributed by atoms with Gasteiger partial charge in [-0.05, 0) is 37.6 Å². The van der Waals surface area contributed by atoms with Crippen molar-refractivity contribution in [3.05, 3.63) is 65.6 Å². The normalized spacial score (nSPS) is 11.9. The largest absolute Gasteiger partial charge is 0.366 e. The second-order valence-corrected chi connectivity index (χ2v) is 6.50. The average Bonchev–Trinajstić information content (AvgIpc) is 3.27. The van der Waals surface area contributed by atoms with Gasteiger partial charge in [-0.15, -0.1) is 5.10 Å². The van der Waals surface area contributed by atoms with Crippen LogP contribution in [0.4, 0.5) is 0 Å². The summed E-state index contributed by atoms with van der Waals surface area (Å²) in [6.07, 6.45) is 4.87. The number of benzene rings is 2. The maximum absolute atomic E-state index is 12.0. The number of H-pyrrole nitrogens is 1. The molecule has 134 valence electrons. The molecule has 0 saturated carbocycles. The van der Waals surface area contributed by atoms with Crippen molar-refractivity contribution in [1.29, 1.82) is 0 Å². The van der Waals surface area contributed by atoms with Crippen molar-refractivity contribution in [3.63, 3.8) is 0 Å². The molecule has 3 N–H and O–H groups in total. The Kier molecular flexibility index (Phi) is 4.04. The van der Waals surface area contributed by atoms with Crippen LogP contribution in [-0.2, 0) is 4.79 Å². The number of nitrogens with two attached hydrogens (primary N) is 1. The highest BCUT2D eigenvalue weighted by atomic mass is 16.1. The number of aryl methyl sites for hydroxylation is 2. The zero-order valence-corrected chi connectivity index (χ0v) is 15.0. The van der Waals surface area contributed by atoms with E-state index < -0.39 is 5.91 Å². The van der Waals surface area contributed by atoms with Crippen molar-refractivity contribution < 1.29 is 4.79 Å². The summed E-state index contributed by atoms with van der Waals surface area (Å²) >= 11 is 0. The van der Waals surface area contributed by atoms with Gasteiger partial charge < -0.3 is 5.73 Å². The van der Waals surface area contributed by atoms with Crippen LogP contribution in [0.3, 0.4) is 0 Å². The van der Waals surface area contributed by atoms with Crippen LogP contribution in [0.1, 0.15) is 16.7 Å². The Labute approximate surface area is 155 Å². The average molecular weight is 358 g/mol. The number of hydrogen-bond acceptors (Lipinski definition) is 4. The molecule has 0 bridgehead atoms. The maximum atomic E-state index is 12.0. The first kappa shape index (κ1) is 16.7.